The summed E-state index contributed by atoms with van der Waals surface area (Å²) in [5.74, 6) is 0.650. The highest BCUT2D eigenvalue weighted by molar-refractivity contribution is 5.79. The predicted octanol–water partition coefficient (Wildman–Crippen LogP) is 3.43. The Morgan fingerprint density at radius 1 is 1.12 bits per heavy atom. The number of hydrogen-bond donors (Lipinski definition) is 0. The van der Waals surface area contributed by atoms with E-state index < -0.39 is 0 Å². The van der Waals surface area contributed by atoms with Crippen LogP contribution in [0.25, 0.3) is 17.2 Å². The van der Waals surface area contributed by atoms with Crippen molar-refractivity contribution in [3.63, 3.8) is 0 Å². The highest BCUT2D eigenvalue weighted by Gasteiger charge is 2.20. The minimum Gasteiger partial charge on any atom is -0.318 e. The van der Waals surface area contributed by atoms with E-state index in [-0.39, 0.29) is 5.56 Å². The fourth-order valence-electron chi connectivity index (χ4n) is 4.03. The molecule has 1 aromatic heterocycles. The van der Waals surface area contributed by atoms with Gasteiger partial charge in [0.15, 0.2) is 0 Å². The summed E-state index contributed by atoms with van der Waals surface area (Å²) in [6, 6.07) is 8.93. The molecule has 1 aliphatic heterocycles. The molecule has 0 unspecified atom stereocenters. The van der Waals surface area contributed by atoms with Crippen LogP contribution >= 0.6 is 0 Å². The van der Waals surface area contributed by atoms with Crippen molar-refractivity contribution in [1.29, 1.82) is 0 Å². The molecule has 3 heteroatoms. The number of hydrogen-bond acceptors (Lipinski definition) is 2. The van der Waals surface area contributed by atoms with Crippen LogP contribution in [0.3, 0.4) is 0 Å². The lowest BCUT2D eigenvalue weighted by atomic mass is 9.87. The molecule has 4 rings (SSSR count). The number of aromatic nitrogens is 1. The highest BCUT2D eigenvalue weighted by Crippen LogP contribution is 2.33. The number of piperidine rings is 1. The minimum absolute atomic E-state index is 0.130. The van der Waals surface area contributed by atoms with Crippen LogP contribution in [-0.4, -0.2) is 29.6 Å². The van der Waals surface area contributed by atoms with E-state index in [0.29, 0.717) is 5.92 Å². The maximum absolute atomic E-state index is 12.3. The molecule has 0 spiro atoms. The molecule has 0 bridgehead atoms. The first-order chi connectivity index (χ1) is 11.6. The Kier molecular flexibility index (Phi) is 3.89. The van der Waals surface area contributed by atoms with Gasteiger partial charge in [-0.1, -0.05) is 36.4 Å². The molecule has 0 atom stereocenters. The Labute approximate surface area is 143 Å². The number of pyridine rings is 1. The smallest absolute Gasteiger partial charge is 0.254 e. The summed E-state index contributed by atoms with van der Waals surface area (Å²) in [5, 5.41) is 0. The number of benzene rings is 1. The molecule has 2 aromatic rings. The first-order valence-corrected chi connectivity index (χ1v) is 8.81. The molecule has 2 heterocycles. The van der Waals surface area contributed by atoms with Crippen molar-refractivity contribution >= 4 is 6.08 Å². The third-order valence-electron chi connectivity index (χ3n) is 5.51. The molecular weight excluding hydrogens is 296 g/mol. The van der Waals surface area contributed by atoms with E-state index in [2.05, 4.69) is 48.4 Å². The lowest BCUT2D eigenvalue weighted by molar-refractivity contribution is 0.255. The Balaban J connectivity index is 1.75. The molecule has 1 fully saturated rings. The van der Waals surface area contributed by atoms with E-state index in [1.54, 1.807) is 4.57 Å². The van der Waals surface area contributed by atoms with Gasteiger partial charge >= 0.3 is 0 Å². The van der Waals surface area contributed by atoms with Crippen molar-refractivity contribution in [3.05, 3.63) is 63.6 Å². The molecule has 1 aliphatic carbocycles. The van der Waals surface area contributed by atoms with E-state index >= 15 is 0 Å². The fraction of sp³-hybridized carbons (Fsp3) is 0.381. The number of rotatable bonds is 2. The van der Waals surface area contributed by atoms with Gasteiger partial charge in [0, 0.05) is 24.4 Å². The molecule has 2 aliphatic rings. The maximum Gasteiger partial charge on any atom is 0.254 e. The molecule has 0 radical (unpaired) electrons. The van der Waals surface area contributed by atoms with Crippen LogP contribution in [0.15, 0.2) is 41.3 Å². The van der Waals surface area contributed by atoms with Gasteiger partial charge in [0.1, 0.15) is 0 Å². The van der Waals surface area contributed by atoms with Crippen molar-refractivity contribution in [2.45, 2.75) is 25.2 Å². The second kappa shape index (κ2) is 6.06. The maximum atomic E-state index is 12.3. The Bertz CT molecular complexity index is 855. The van der Waals surface area contributed by atoms with Gasteiger partial charge in [-0.2, -0.15) is 0 Å². The van der Waals surface area contributed by atoms with E-state index in [9.17, 15) is 4.79 Å². The van der Waals surface area contributed by atoms with Crippen LogP contribution in [-0.2, 0) is 13.5 Å². The average Bonchev–Trinajstić information content (AvgIpc) is 3.09. The van der Waals surface area contributed by atoms with Crippen molar-refractivity contribution in [2.24, 2.45) is 7.05 Å². The average molecular weight is 320 g/mol. The summed E-state index contributed by atoms with van der Waals surface area (Å²) in [6.45, 7) is 2.35. The Hall–Kier alpha value is -2.13. The number of aryl methyl sites for hydroxylation is 1. The van der Waals surface area contributed by atoms with Crippen LogP contribution in [0, 0.1) is 0 Å². The van der Waals surface area contributed by atoms with Crippen LogP contribution < -0.4 is 5.56 Å². The number of likely N-dealkylation sites (tertiary alicyclic amines) is 1. The minimum atomic E-state index is 0.130. The SMILES string of the molecule is CN1CCC(c2cccc(-c3cn(C)c(=O)c4c3C=CC4)c2)CC1. The lowest BCUT2D eigenvalue weighted by Gasteiger charge is -2.29. The third-order valence-corrected chi connectivity index (χ3v) is 5.51. The molecule has 1 aromatic carbocycles. The van der Waals surface area contributed by atoms with Crippen molar-refractivity contribution in [2.75, 3.05) is 20.1 Å². The van der Waals surface area contributed by atoms with E-state index in [4.69, 9.17) is 0 Å². The second-order valence-electron chi connectivity index (χ2n) is 7.16. The van der Waals surface area contributed by atoms with E-state index in [1.165, 1.54) is 42.6 Å². The molecule has 24 heavy (non-hydrogen) atoms. The van der Waals surface area contributed by atoms with Crippen LogP contribution in [0.2, 0.25) is 0 Å². The number of allylic oxidation sites excluding steroid dienone is 1. The van der Waals surface area contributed by atoms with Crippen molar-refractivity contribution in [3.8, 4) is 11.1 Å². The van der Waals surface area contributed by atoms with Crippen molar-refractivity contribution < 1.29 is 0 Å². The zero-order valence-electron chi connectivity index (χ0n) is 14.5. The van der Waals surface area contributed by atoms with Gasteiger partial charge in [0.25, 0.3) is 5.56 Å². The zero-order chi connectivity index (χ0) is 16.7. The normalized spacial score (nSPS) is 18.1. The van der Waals surface area contributed by atoms with Crippen molar-refractivity contribution in [1.82, 2.24) is 9.47 Å². The summed E-state index contributed by atoms with van der Waals surface area (Å²) in [5.41, 5.74) is 6.01. The Morgan fingerprint density at radius 3 is 2.71 bits per heavy atom. The molecule has 1 saturated heterocycles. The second-order valence-corrected chi connectivity index (χ2v) is 7.16. The van der Waals surface area contributed by atoms with Gasteiger partial charge in [-0.25, -0.2) is 0 Å². The summed E-state index contributed by atoms with van der Waals surface area (Å²) >= 11 is 0. The van der Waals surface area contributed by atoms with Gasteiger partial charge in [-0.15, -0.1) is 0 Å². The molecule has 124 valence electrons. The van der Waals surface area contributed by atoms with Gasteiger partial charge in [-0.05, 0) is 62.0 Å². The molecule has 0 saturated carbocycles. The number of nitrogens with zero attached hydrogens (tertiary/aromatic N) is 2. The summed E-state index contributed by atoms with van der Waals surface area (Å²) in [6.07, 6.45) is 9.40. The monoisotopic (exact) mass is 320 g/mol. The largest absolute Gasteiger partial charge is 0.318 e. The molecular formula is C21H24N2O. The van der Waals surface area contributed by atoms with Gasteiger partial charge < -0.3 is 9.47 Å². The summed E-state index contributed by atoms with van der Waals surface area (Å²) < 4.78 is 1.73. The lowest BCUT2D eigenvalue weighted by Crippen LogP contribution is -2.29. The summed E-state index contributed by atoms with van der Waals surface area (Å²) in [7, 11) is 4.05. The fourth-order valence-corrected chi connectivity index (χ4v) is 4.03. The van der Waals surface area contributed by atoms with Crippen LogP contribution in [0.1, 0.15) is 35.4 Å². The van der Waals surface area contributed by atoms with Gasteiger partial charge in [0.05, 0.1) is 0 Å². The van der Waals surface area contributed by atoms with Crippen LogP contribution in [0.4, 0.5) is 0 Å². The first kappa shape index (κ1) is 15.4. The topological polar surface area (TPSA) is 25.2 Å². The predicted molar refractivity (Wildman–Crippen MR) is 99.3 cm³/mol. The summed E-state index contributed by atoms with van der Waals surface area (Å²) in [4.78, 5) is 14.7. The Morgan fingerprint density at radius 2 is 1.92 bits per heavy atom. The standard InChI is InChI=1S/C21H24N2O/c1-22-11-9-15(10-12-22)16-5-3-6-17(13-16)20-14-23(2)21(24)19-8-4-7-18(19)20/h3-7,13-15H,8-12H2,1-2H3. The quantitative estimate of drug-likeness (QED) is 0.847. The zero-order valence-corrected chi connectivity index (χ0v) is 14.5. The number of fused-ring (bicyclic) bond motifs is 1. The van der Waals surface area contributed by atoms with Crippen LogP contribution in [0.5, 0.6) is 0 Å². The van der Waals surface area contributed by atoms with Gasteiger partial charge in [0.2, 0.25) is 0 Å². The van der Waals surface area contributed by atoms with Gasteiger partial charge in [-0.3, -0.25) is 4.79 Å². The first-order valence-electron chi connectivity index (χ1n) is 8.81. The molecule has 3 nitrogen and oxygen atoms in total. The van der Waals surface area contributed by atoms with E-state index in [0.717, 1.165) is 17.5 Å². The molecule has 0 N–H and O–H groups in total. The third kappa shape index (κ3) is 2.63. The molecule has 0 amide bonds. The highest BCUT2D eigenvalue weighted by atomic mass is 16.1. The van der Waals surface area contributed by atoms with E-state index in [1.807, 2.05) is 13.2 Å².